The molecule has 0 spiro atoms. The van der Waals surface area contributed by atoms with Gasteiger partial charge in [0.2, 0.25) is 5.95 Å². The highest BCUT2D eigenvalue weighted by Crippen LogP contribution is 2.29. The number of aromatic nitrogens is 2. The highest BCUT2D eigenvalue weighted by atomic mass is 16.2. The van der Waals surface area contributed by atoms with Crippen LogP contribution in [0.15, 0.2) is 78.9 Å². The van der Waals surface area contributed by atoms with Crippen molar-refractivity contribution in [3.63, 3.8) is 0 Å². The first kappa shape index (κ1) is 19.2. The molecule has 0 aliphatic carbocycles. The van der Waals surface area contributed by atoms with E-state index in [2.05, 4.69) is 42.2 Å². The predicted molar refractivity (Wildman–Crippen MR) is 124 cm³/mol. The first-order valence-electron chi connectivity index (χ1n) is 10.6. The summed E-state index contributed by atoms with van der Waals surface area (Å²) in [6.45, 7) is 4.83. The van der Waals surface area contributed by atoms with Gasteiger partial charge in [0.25, 0.3) is 5.91 Å². The second-order valence-electron chi connectivity index (χ2n) is 7.90. The summed E-state index contributed by atoms with van der Waals surface area (Å²) in [6.07, 6.45) is 0. The van der Waals surface area contributed by atoms with Crippen LogP contribution in [-0.4, -0.2) is 47.0 Å². The van der Waals surface area contributed by atoms with Crippen molar-refractivity contribution in [2.45, 2.75) is 6.92 Å². The van der Waals surface area contributed by atoms with E-state index in [1.54, 1.807) is 0 Å². The fraction of sp³-hybridized carbons (Fsp3) is 0.192. The monoisotopic (exact) mass is 408 g/mol. The van der Waals surface area contributed by atoms with Crippen LogP contribution in [0.3, 0.4) is 0 Å². The van der Waals surface area contributed by atoms with Gasteiger partial charge in [-0.3, -0.25) is 4.79 Å². The molecule has 0 bridgehead atoms. The van der Waals surface area contributed by atoms with Crippen LogP contribution >= 0.6 is 0 Å². The van der Waals surface area contributed by atoms with Crippen molar-refractivity contribution in [2.75, 3.05) is 31.1 Å². The van der Waals surface area contributed by atoms with Crippen molar-refractivity contribution in [1.29, 1.82) is 0 Å². The molecule has 5 rings (SSSR count). The lowest BCUT2D eigenvalue weighted by molar-refractivity contribution is 0.0746. The molecule has 0 radical (unpaired) electrons. The molecule has 1 aliphatic rings. The van der Waals surface area contributed by atoms with Gasteiger partial charge in [0.15, 0.2) is 0 Å². The van der Waals surface area contributed by atoms with Crippen LogP contribution in [0.25, 0.3) is 22.2 Å². The normalized spacial score (nSPS) is 14.1. The molecule has 1 aromatic heterocycles. The Hall–Kier alpha value is -3.73. The molecule has 1 amide bonds. The topological polar surface area (TPSA) is 49.3 Å². The minimum absolute atomic E-state index is 0.0835. The largest absolute Gasteiger partial charge is 0.337 e. The van der Waals surface area contributed by atoms with E-state index < -0.39 is 0 Å². The van der Waals surface area contributed by atoms with Crippen molar-refractivity contribution in [3.05, 3.63) is 90.0 Å². The lowest BCUT2D eigenvalue weighted by Gasteiger charge is -2.35. The number of benzene rings is 3. The number of fused-ring (bicyclic) bond motifs is 1. The third-order valence-electron chi connectivity index (χ3n) is 5.76. The number of piperazine rings is 1. The number of aryl methyl sites for hydroxylation is 1. The molecule has 154 valence electrons. The van der Waals surface area contributed by atoms with Gasteiger partial charge >= 0.3 is 0 Å². The average Bonchev–Trinajstić information content (AvgIpc) is 2.84. The molecule has 0 saturated carbocycles. The molecule has 2 heterocycles. The number of hydrogen-bond donors (Lipinski definition) is 0. The second-order valence-corrected chi connectivity index (χ2v) is 7.90. The van der Waals surface area contributed by atoms with Gasteiger partial charge in [-0.15, -0.1) is 0 Å². The Morgan fingerprint density at radius 3 is 2.19 bits per heavy atom. The molecule has 1 saturated heterocycles. The maximum Gasteiger partial charge on any atom is 0.253 e. The van der Waals surface area contributed by atoms with Gasteiger partial charge in [0, 0.05) is 42.7 Å². The number of hydrogen-bond acceptors (Lipinski definition) is 4. The minimum atomic E-state index is 0.0835. The molecule has 31 heavy (non-hydrogen) atoms. The maximum absolute atomic E-state index is 12.8. The summed E-state index contributed by atoms with van der Waals surface area (Å²) in [4.78, 5) is 26.7. The summed E-state index contributed by atoms with van der Waals surface area (Å²) in [5, 5.41) is 1.06. The summed E-state index contributed by atoms with van der Waals surface area (Å²) >= 11 is 0. The predicted octanol–water partition coefficient (Wildman–Crippen LogP) is 4.57. The molecular formula is C26H24N4O. The molecule has 1 fully saturated rings. The van der Waals surface area contributed by atoms with Crippen molar-refractivity contribution >= 4 is 22.8 Å². The molecule has 0 unspecified atom stereocenters. The van der Waals surface area contributed by atoms with Gasteiger partial charge in [-0.1, -0.05) is 60.2 Å². The third-order valence-corrected chi connectivity index (χ3v) is 5.76. The van der Waals surface area contributed by atoms with Crippen LogP contribution in [0.4, 0.5) is 5.95 Å². The smallest absolute Gasteiger partial charge is 0.253 e. The Bertz CT molecular complexity index is 1220. The molecular weight excluding hydrogens is 384 g/mol. The van der Waals surface area contributed by atoms with E-state index in [1.807, 2.05) is 53.4 Å². The number of nitrogens with zero attached hydrogens (tertiary/aromatic N) is 4. The van der Waals surface area contributed by atoms with Gasteiger partial charge in [-0.25, -0.2) is 9.97 Å². The van der Waals surface area contributed by atoms with E-state index >= 15 is 0 Å². The van der Waals surface area contributed by atoms with Crippen LogP contribution in [0.2, 0.25) is 0 Å². The van der Waals surface area contributed by atoms with Crippen molar-refractivity contribution in [2.24, 2.45) is 0 Å². The van der Waals surface area contributed by atoms with Crippen LogP contribution in [0.5, 0.6) is 0 Å². The van der Waals surface area contributed by atoms with Crippen molar-refractivity contribution < 1.29 is 4.79 Å². The summed E-state index contributed by atoms with van der Waals surface area (Å²) in [5.41, 5.74) is 4.90. The molecule has 5 heteroatoms. The Labute approximate surface area is 182 Å². The molecule has 4 aromatic rings. The zero-order valence-electron chi connectivity index (χ0n) is 17.5. The first-order valence-corrected chi connectivity index (χ1v) is 10.6. The van der Waals surface area contributed by atoms with E-state index in [-0.39, 0.29) is 5.91 Å². The number of amides is 1. The Kier molecular flexibility index (Phi) is 5.08. The van der Waals surface area contributed by atoms with Crippen LogP contribution in [0, 0.1) is 6.92 Å². The lowest BCUT2D eigenvalue weighted by atomic mass is 10.0. The highest BCUT2D eigenvalue weighted by molar-refractivity contribution is 5.95. The van der Waals surface area contributed by atoms with Crippen LogP contribution in [0.1, 0.15) is 15.9 Å². The summed E-state index contributed by atoms with van der Waals surface area (Å²) < 4.78 is 0. The van der Waals surface area contributed by atoms with E-state index in [0.29, 0.717) is 26.2 Å². The third kappa shape index (κ3) is 3.87. The molecule has 3 aromatic carbocycles. The van der Waals surface area contributed by atoms with Gasteiger partial charge in [0.1, 0.15) is 0 Å². The zero-order chi connectivity index (χ0) is 21.2. The van der Waals surface area contributed by atoms with Gasteiger partial charge in [0.05, 0.1) is 11.2 Å². The van der Waals surface area contributed by atoms with E-state index in [4.69, 9.17) is 9.97 Å². The first-order chi connectivity index (χ1) is 15.2. The fourth-order valence-corrected chi connectivity index (χ4v) is 4.06. The average molecular weight is 409 g/mol. The maximum atomic E-state index is 12.8. The number of rotatable bonds is 3. The Balaban J connectivity index is 1.44. The second kappa shape index (κ2) is 8.19. The highest BCUT2D eigenvalue weighted by Gasteiger charge is 2.24. The fourth-order valence-electron chi connectivity index (χ4n) is 4.06. The van der Waals surface area contributed by atoms with E-state index in [9.17, 15) is 4.79 Å². The van der Waals surface area contributed by atoms with E-state index in [0.717, 1.165) is 33.7 Å². The van der Waals surface area contributed by atoms with Gasteiger partial charge in [-0.2, -0.15) is 0 Å². The Morgan fingerprint density at radius 2 is 1.48 bits per heavy atom. The summed E-state index contributed by atoms with van der Waals surface area (Å²) in [7, 11) is 0. The van der Waals surface area contributed by atoms with Gasteiger partial charge in [-0.05, 0) is 31.2 Å². The number of carbonyl (C=O) groups is 1. The molecule has 0 atom stereocenters. The Morgan fingerprint density at radius 1 is 0.806 bits per heavy atom. The van der Waals surface area contributed by atoms with E-state index in [1.165, 1.54) is 5.56 Å². The van der Waals surface area contributed by atoms with Gasteiger partial charge < -0.3 is 9.80 Å². The minimum Gasteiger partial charge on any atom is -0.337 e. The standard InChI is InChI=1S/C26H24N4O/c1-19-12-13-23-22(18-19)24(20-8-4-2-5-9-20)28-26(27-23)30-16-14-29(15-17-30)25(31)21-10-6-3-7-11-21/h2-13,18H,14-17H2,1H3. The number of anilines is 1. The summed E-state index contributed by atoms with van der Waals surface area (Å²) in [6, 6.07) is 26.0. The van der Waals surface area contributed by atoms with Crippen molar-refractivity contribution in [3.8, 4) is 11.3 Å². The quantitative estimate of drug-likeness (QED) is 0.498. The molecule has 5 nitrogen and oxygen atoms in total. The van der Waals surface area contributed by atoms with Crippen molar-refractivity contribution in [1.82, 2.24) is 14.9 Å². The molecule has 0 N–H and O–H groups in total. The van der Waals surface area contributed by atoms with Crippen LogP contribution in [-0.2, 0) is 0 Å². The SMILES string of the molecule is Cc1ccc2nc(N3CCN(C(=O)c4ccccc4)CC3)nc(-c3ccccc3)c2c1. The van der Waals surface area contributed by atoms with Crippen LogP contribution < -0.4 is 4.90 Å². The molecule has 1 aliphatic heterocycles. The number of carbonyl (C=O) groups excluding carboxylic acids is 1. The summed E-state index contributed by atoms with van der Waals surface area (Å²) in [5.74, 6) is 0.808. The lowest BCUT2D eigenvalue weighted by Crippen LogP contribution is -2.49. The zero-order valence-corrected chi connectivity index (χ0v) is 17.5.